The Bertz CT molecular complexity index is 978. The Labute approximate surface area is 191 Å². The molecule has 3 aromatic rings. The van der Waals surface area contributed by atoms with Gasteiger partial charge in [0.2, 0.25) is 11.9 Å². The summed E-state index contributed by atoms with van der Waals surface area (Å²) < 4.78 is 13.2. The van der Waals surface area contributed by atoms with E-state index in [2.05, 4.69) is 37.1 Å². The summed E-state index contributed by atoms with van der Waals surface area (Å²) in [4.78, 5) is 14.5. The Morgan fingerprint density at radius 2 is 1.75 bits per heavy atom. The second-order valence-corrected chi connectivity index (χ2v) is 8.20. The Hall–Kier alpha value is -3.04. The van der Waals surface area contributed by atoms with Gasteiger partial charge in [-0.2, -0.15) is 0 Å². The fourth-order valence-electron chi connectivity index (χ4n) is 3.35. The fraction of sp³-hybridized carbons (Fsp3) is 0.348. The number of ether oxygens (including phenoxy) is 2. The summed E-state index contributed by atoms with van der Waals surface area (Å²) in [5.74, 6) is 1.81. The highest BCUT2D eigenvalue weighted by molar-refractivity contribution is 7.99. The predicted molar refractivity (Wildman–Crippen MR) is 124 cm³/mol. The SMILES string of the molecule is O=C(CSc1nnc(N2CCOCC2)n1Cc1ccccc1)NCCOc1ccccc1. The third-order valence-corrected chi connectivity index (χ3v) is 5.91. The summed E-state index contributed by atoms with van der Waals surface area (Å²) in [6, 6.07) is 19.8. The molecule has 0 aliphatic carbocycles. The minimum atomic E-state index is -0.0613. The number of nitrogens with zero attached hydrogens (tertiary/aromatic N) is 4. The molecule has 0 unspecified atom stereocenters. The molecule has 0 spiro atoms. The lowest BCUT2D eigenvalue weighted by Crippen LogP contribution is -2.38. The van der Waals surface area contributed by atoms with Gasteiger partial charge in [0, 0.05) is 13.1 Å². The van der Waals surface area contributed by atoms with E-state index < -0.39 is 0 Å². The lowest BCUT2D eigenvalue weighted by atomic mass is 10.2. The van der Waals surface area contributed by atoms with E-state index in [4.69, 9.17) is 9.47 Å². The number of hydrogen-bond acceptors (Lipinski definition) is 7. The summed E-state index contributed by atoms with van der Waals surface area (Å²) in [6.45, 7) is 4.42. The number of rotatable bonds is 10. The van der Waals surface area contributed by atoms with Gasteiger partial charge >= 0.3 is 0 Å². The molecule has 1 aliphatic heterocycles. The monoisotopic (exact) mass is 453 g/mol. The third-order valence-electron chi connectivity index (χ3n) is 4.94. The van der Waals surface area contributed by atoms with Crippen LogP contribution in [0.25, 0.3) is 0 Å². The number of morpholine rings is 1. The summed E-state index contributed by atoms with van der Waals surface area (Å²) in [6.07, 6.45) is 0. The van der Waals surface area contributed by atoms with E-state index in [1.165, 1.54) is 11.8 Å². The maximum atomic E-state index is 12.3. The molecule has 1 N–H and O–H groups in total. The first kappa shape index (κ1) is 22.2. The molecule has 1 amide bonds. The number of carbonyl (C=O) groups is 1. The van der Waals surface area contributed by atoms with Gasteiger partial charge in [0.15, 0.2) is 5.16 Å². The number of aromatic nitrogens is 3. The standard InChI is InChI=1S/C23H27N5O3S/c29-21(24-11-14-31-20-9-5-2-6-10-20)18-32-23-26-25-22(27-12-15-30-16-13-27)28(23)17-19-7-3-1-4-8-19/h1-10H,11-18H2,(H,24,29). The normalized spacial score (nSPS) is 13.7. The number of hydrogen-bond donors (Lipinski definition) is 1. The van der Waals surface area contributed by atoms with Crippen LogP contribution in [0.4, 0.5) is 5.95 Å². The zero-order chi connectivity index (χ0) is 22.0. The second-order valence-electron chi connectivity index (χ2n) is 7.25. The van der Waals surface area contributed by atoms with Crippen molar-refractivity contribution in [2.45, 2.75) is 11.7 Å². The maximum Gasteiger partial charge on any atom is 0.230 e. The molecule has 1 aliphatic rings. The van der Waals surface area contributed by atoms with Crippen molar-refractivity contribution < 1.29 is 14.3 Å². The van der Waals surface area contributed by atoms with E-state index in [0.717, 1.165) is 35.5 Å². The molecule has 1 saturated heterocycles. The molecule has 4 rings (SSSR count). The van der Waals surface area contributed by atoms with Gasteiger partial charge in [-0.05, 0) is 17.7 Å². The third kappa shape index (κ3) is 6.24. The lowest BCUT2D eigenvalue weighted by molar-refractivity contribution is -0.118. The summed E-state index contributed by atoms with van der Waals surface area (Å²) in [5, 5.41) is 12.4. The number of nitrogens with one attached hydrogen (secondary N) is 1. The first-order chi connectivity index (χ1) is 15.8. The van der Waals surface area contributed by atoms with Gasteiger partial charge in [-0.1, -0.05) is 60.3 Å². The molecule has 2 aromatic carbocycles. The van der Waals surface area contributed by atoms with Gasteiger partial charge in [0.1, 0.15) is 12.4 Å². The van der Waals surface area contributed by atoms with Gasteiger partial charge in [-0.15, -0.1) is 10.2 Å². The second kappa shape index (κ2) is 11.5. The minimum absolute atomic E-state index is 0.0613. The number of para-hydroxylation sites is 1. The smallest absolute Gasteiger partial charge is 0.230 e. The van der Waals surface area contributed by atoms with Gasteiger partial charge in [0.25, 0.3) is 0 Å². The summed E-state index contributed by atoms with van der Waals surface area (Å²) >= 11 is 1.39. The molecule has 0 bridgehead atoms. The highest BCUT2D eigenvalue weighted by Crippen LogP contribution is 2.24. The van der Waals surface area contributed by atoms with Gasteiger partial charge in [0.05, 0.1) is 32.1 Å². The van der Waals surface area contributed by atoms with Crippen LogP contribution in [0.15, 0.2) is 65.8 Å². The Balaban J connectivity index is 1.33. The molecule has 8 nitrogen and oxygen atoms in total. The molecular weight excluding hydrogens is 426 g/mol. The molecule has 168 valence electrons. The van der Waals surface area contributed by atoms with Gasteiger partial charge in [-0.3, -0.25) is 9.36 Å². The lowest BCUT2D eigenvalue weighted by Gasteiger charge is -2.28. The highest BCUT2D eigenvalue weighted by Gasteiger charge is 2.21. The van der Waals surface area contributed by atoms with Crippen LogP contribution >= 0.6 is 11.8 Å². The zero-order valence-electron chi connectivity index (χ0n) is 17.9. The van der Waals surface area contributed by atoms with Crippen molar-refractivity contribution in [2.75, 3.05) is 50.1 Å². The van der Waals surface area contributed by atoms with Crippen molar-refractivity contribution in [3.8, 4) is 5.75 Å². The van der Waals surface area contributed by atoms with Crippen LogP contribution in [0.3, 0.4) is 0 Å². The Kier molecular flexibility index (Phi) is 7.99. The van der Waals surface area contributed by atoms with Crippen molar-refractivity contribution >= 4 is 23.6 Å². The van der Waals surface area contributed by atoms with E-state index >= 15 is 0 Å². The van der Waals surface area contributed by atoms with Crippen LogP contribution in [0.5, 0.6) is 5.75 Å². The van der Waals surface area contributed by atoms with Crippen LogP contribution in [-0.2, 0) is 16.1 Å². The molecule has 0 saturated carbocycles. The number of carbonyl (C=O) groups excluding carboxylic acids is 1. The first-order valence-corrected chi connectivity index (χ1v) is 11.7. The van der Waals surface area contributed by atoms with Gasteiger partial charge in [-0.25, -0.2) is 0 Å². The van der Waals surface area contributed by atoms with E-state index in [0.29, 0.717) is 32.9 Å². The zero-order valence-corrected chi connectivity index (χ0v) is 18.7. The maximum absolute atomic E-state index is 12.3. The number of amides is 1. The van der Waals surface area contributed by atoms with E-state index in [1.54, 1.807) is 0 Å². The quantitative estimate of drug-likeness (QED) is 0.373. The first-order valence-electron chi connectivity index (χ1n) is 10.7. The van der Waals surface area contributed by atoms with Crippen LogP contribution < -0.4 is 15.0 Å². The average Bonchev–Trinajstić information content (AvgIpc) is 3.24. The highest BCUT2D eigenvalue weighted by atomic mass is 32.2. The molecular formula is C23H27N5O3S. The van der Waals surface area contributed by atoms with E-state index in [9.17, 15) is 4.79 Å². The Morgan fingerprint density at radius 3 is 2.50 bits per heavy atom. The largest absolute Gasteiger partial charge is 0.492 e. The molecule has 0 atom stereocenters. The summed E-state index contributed by atoms with van der Waals surface area (Å²) in [7, 11) is 0. The van der Waals surface area contributed by atoms with Crippen LogP contribution in [-0.4, -0.2) is 65.9 Å². The number of thioether (sulfide) groups is 1. The fourth-order valence-corrected chi connectivity index (χ4v) is 4.11. The molecule has 1 fully saturated rings. The van der Waals surface area contributed by atoms with E-state index in [-0.39, 0.29) is 11.7 Å². The van der Waals surface area contributed by atoms with Crippen LogP contribution in [0.1, 0.15) is 5.56 Å². The van der Waals surface area contributed by atoms with E-state index in [1.807, 2.05) is 48.5 Å². The molecule has 0 radical (unpaired) electrons. The number of anilines is 1. The predicted octanol–water partition coefficient (Wildman–Crippen LogP) is 2.45. The van der Waals surface area contributed by atoms with Crippen LogP contribution in [0.2, 0.25) is 0 Å². The van der Waals surface area contributed by atoms with Crippen molar-refractivity contribution in [3.05, 3.63) is 66.2 Å². The number of benzene rings is 2. The van der Waals surface area contributed by atoms with Crippen molar-refractivity contribution in [2.24, 2.45) is 0 Å². The molecule has 2 heterocycles. The average molecular weight is 454 g/mol. The Morgan fingerprint density at radius 1 is 1.03 bits per heavy atom. The van der Waals surface area contributed by atoms with Gasteiger partial charge < -0.3 is 19.7 Å². The van der Waals surface area contributed by atoms with Crippen molar-refractivity contribution in [1.82, 2.24) is 20.1 Å². The summed E-state index contributed by atoms with van der Waals surface area (Å²) in [5.41, 5.74) is 1.16. The molecule has 32 heavy (non-hydrogen) atoms. The van der Waals surface area contributed by atoms with Crippen LogP contribution in [0, 0.1) is 0 Å². The minimum Gasteiger partial charge on any atom is -0.492 e. The molecule has 1 aromatic heterocycles. The van der Waals surface area contributed by atoms with Crippen molar-refractivity contribution in [1.29, 1.82) is 0 Å². The topological polar surface area (TPSA) is 81.5 Å². The van der Waals surface area contributed by atoms with Crippen molar-refractivity contribution in [3.63, 3.8) is 0 Å². The molecule has 9 heteroatoms.